The van der Waals surface area contributed by atoms with Gasteiger partial charge in [0.1, 0.15) is 5.75 Å². The summed E-state index contributed by atoms with van der Waals surface area (Å²) in [6.45, 7) is 3.78. The normalized spacial score (nSPS) is 11.7. The highest BCUT2D eigenvalue weighted by Crippen LogP contribution is 2.22. The van der Waals surface area contributed by atoms with Gasteiger partial charge in [0.2, 0.25) is 5.95 Å². The summed E-state index contributed by atoms with van der Waals surface area (Å²) in [6.07, 6.45) is 1.44. The highest BCUT2D eigenvalue weighted by atomic mass is 79.9. The molecule has 0 aliphatic rings. The van der Waals surface area contributed by atoms with E-state index < -0.39 is 11.2 Å². The van der Waals surface area contributed by atoms with Crippen LogP contribution in [0.2, 0.25) is 0 Å². The Hall–Kier alpha value is -2.88. The zero-order chi connectivity index (χ0) is 19.0. The number of aryl methyl sites for hydroxylation is 1. The molecule has 1 aromatic carbocycles. The van der Waals surface area contributed by atoms with E-state index in [0.717, 1.165) is 4.47 Å². The molecular weight excluding hydrogens is 404 g/mol. The first kappa shape index (κ1) is 17.9. The van der Waals surface area contributed by atoms with Gasteiger partial charge in [0, 0.05) is 23.1 Å². The number of benzene rings is 1. The number of aromatic hydroxyl groups is 1. The Kier molecular flexibility index (Phi) is 4.68. The average Bonchev–Trinajstić information content (AvgIpc) is 2.96. The Bertz CT molecular complexity index is 1130. The summed E-state index contributed by atoms with van der Waals surface area (Å²) in [5.41, 5.74) is 2.78. The quantitative estimate of drug-likeness (QED) is 0.440. The van der Waals surface area contributed by atoms with E-state index >= 15 is 0 Å². The summed E-state index contributed by atoms with van der Waals surface area (Å²) >= 11 is 3.33. The number of anilines is 1. The third-order valence-corrected chi connectivity index (χ3v) is 4.32. The molecule has 2 heterocycles. The van der Waals surface area contributed by atoms with Gasteiger partial charge in [0.25, 0.3) is 5.56 Å². The molecule has 0 spiro atoms. The first-order chi connectivity index (χ1) is 12.3. The largest absolute Gasteiger partial charge is 0.507 e. The average molecular weight is 421 g/mol. The van der Waals surface area contributed by atoms with Crippen LogP contribution in [0.4, 0.5) is 5.95 Å². The van der Waals surface area contributed by atoms with E-state index in [4.69, 9.17) is 0 Å². The van der Waals surface area contributed by atoms with Crippen LogP contribution in [0.5, 0.6) is 5.75 Å². The number of aromatic nitrogens is 4. The summed E-state index contributed by atoms with van der Waals surface area (Å²) < 4.78 is 3.73. The molecule has 0 aliphatic heterocycles. The second-order valence-electron chi connectivity index (χ2n) is 5.96. The maximum Gasteiger partial charge on any atom is 0.329 e. The Morgan fingerprint density at radius 2 is 2.12 bits per heavy atom. The van der Waals surface area contributed by atoms with Crippen molar-refractivity contribution in [1.29, 1.82) is 0 Å². The second-order valence-corrected chi connectivity index (χ2v) is 6.88. The zero-order valence-corrected chi connectivity index (χ0v) is 15.9. The lowest BCUT2D eigenvalue weighted by atomic mass is 10.2. The van der Waals surface area contributed by atoms with Crippen LogP contribution in [-0.4, -0.2) is 30.4 Å². The Morgan fingerprint density at radius 1 is 1.38 bits per heavy atom. The van der Waals surface area contributed by atoms with Crippen molar-refractivity contribution >= 4 is 39.3 Å². The third-order valence-electron chi connectivity index (χ3n) is 3.82. The van der Waals surface area contributed by atoms with E-state index in [9.17, 15) is 14.7 Å². The van der Waals surface area contributed by atoms with E-state index in [-0.39, 0.29) is 23.0 Å². The lowest BCUT2D eigenvalue weighted by molar-refractivity contribution is 0.474. The lowest BCUT2D eigenvalue weighted by Crippen LogP contribution is -2.29. The standard InChI is InChI=1S/C16H17BrN6O3/c1-8(2)23-12-13(22(3)16(26)20-14(12)25)19-15(23)21-18-7-9-6-10(17)4-5-11(9)24/h4-8,24H,1-3H3,(H,19,21)(H,20,25,26). The minimum atomic E-state index is -0.537. The fourth-order valence-corrected chi connectivity index (χ4v) is 2.95. The van der Waals surface area contributed by atoms with E-state index in [2.05, 4.69) is 36.4 Å². The molecule has 0 saturated carbocycles. The van der Waals surface area contributed by atoms with Crippen LogP contribution in [0.25, 0.3) is 11.2 Å². The Morgan fingerprint density at radius 3 is 2.81 bits per heavy atom. The molecule has 0 amide bonds. The van der Waals surface area contributed by atoms with Crippen molar-refractivity contribution in [1.82, 2.24) is 19.1 Å². The van der Waals surface area contributed by atoms with Gasteiger partial charge >= 0.3 is 5.69 Å². The van der Waals surface area contributed by atoms with E-state index in [1.807, 2.05) is 13.8 Å². The zero-order valence-electron chi connectivity index (χ0n) is 14.3. The second kappa shape index (κ2) is 6.79. The smallest absolute Gasteiger partial charge is 0.329 e. The predicted octanol–water partition coefficient (Wildman–Crippen LogP) is 1.92. The highest BCUT2D eigenvalue weighted by Gasteiger charge is 2.18. The molecule has 9 nitrogen and oxygen atoms in total. The van der Waals surface area contributed by atoms with Crippen LogP contribution < -0.4 is 16.7 Å². The van der Waals surface area contributed by atoms with Crippen molar-refractivity contribution in [2.75, 3.05) is 5.43 Å². The molecule has 0 radical (unpaired) electrons. The number of nitrogens with zero attached hydrogens (tertiary/aromatic N) is 4. The first-order valence-electron chi connectivity index (χ1n) is 7.78. The molecule has 10 heteroatoms. The SMILES string of the molecule is CC(C)n1c(NN=Cc2cc(Br)ccc2O)nc2c1c(=O)[nH]c(=O)n2C. The van der Waals surface area contributed by atoms with Crippen LogP contribution in [-0.2, 0) is 7.05 Å². The molecule has 0 bridgehead atoms. The number of hydrogen-bond acceptors (Lipinski definition) is 6. The third kappa shape index (κ3) is 3.15. The van der Waals surface area contributed by atoms with Gasteiger partial charge in [-0.3, -0.25) is 14.3 Å². The highest BCUT2D eigenvalue weighted by molar-refractivity contribution is 9.10. The maximum absolute atomic E-state index is 12.2. The molecule has 3 rings (SSSR count). The summed E-state index contributed by atoms with van der Waals surface area (Å²) in [5.74, 6) is 0.391. The van der Waals surface area contributed by atoms with Crippen molar-refractivity contribution < 1.29 is 5.11 Å². The van der Waals surface area contributed by atoms with Crippen LogP contribution in [0.3, 0.4) is 0 Å². The minimum Gasteiger partial charge on any atom is -0.507 e. The number of H-pyrrole nitrogens is 1. The van der Waals surface area contributed by atoms with Gasteiger partial charge in [-0.1, -0.05) is 15.9 Å². The Labute approximate surface area is 156 Å². The minimum absolute atomic E-state index is 0.0787. The van der Waals surface area contributed by atoms with Crippen LogP contribution in [0.15, 0.2) is 37.4 Å². The predicted molar refractivity (Wildman–Crippen MR) is 103 cm³/mol. The number of imidazole rings is 1. The summed E-state index contributed by atoms with van der Waals surface area (Å²) in [6, 6.07) is 4.87. The number of nitrogens with one attached hydrogen (secondary N) is 2. The van der Waals surface area contributed by atoms with Crippen molar-refractivity contribution in [2.45, 2.75) is 19.9 Å². The number of aromatic amines is 1. The number of hydrogen-bond donors (Lipinski definition) is 3. The van der Waals surface area contributed by atoms with Crippen molar-refractivity contribution in [2.24, 2.45) is 12.1 Å². The van der Waals surface area contributed by atoms with Crippen molar-refractivity contribution in [3.8, 4) is 5.75 Å². The van der Waals surface area contributed by atoms with Crippen molar-refractivity contribution in [3.63, 3.8) is 0 Å². The fourth-order valence-electron chi connectivity index (χ4n) is 2.57. The molecule has 3 aromatic rings. The van der Waals surface area contributed by atoms with Gasteiger partial charge in [-0.2, -0.15) is 10.1 Å². The number of rotatable bonds is 4. The molecule has 0 unspecified atom stereocenters. The van der Waals surface area contributed by atoms with Gasteiger partial charge in [0.05, 0.1) is 6.21 Å². The van der Waals surface area contributed by atoms with Crippen LogP contribution in [0, 0.1) is 0 Å². The molecule has 0 fully saturated rings. The number of phenolic OH excluding ortho intramolecular Hbond substituents is 1. The van der Waals surface area contributed by atoms with E-state index in [1.54, 1.807) is 22.8 Å². The number of hydrazone groups is 1. The number of fused-ring (bicyclic) bond motifs is 1. The molecule has 26 heavy (non-hydrogen) atoms. The maximum atomic E-state index is 12.2. The van der Waals surface area contributed by atoms with Gasteiger partial charge in [-0.05, 0) is 32.0 Å². The molecule has 3 N–H and O–H groups in total. The summed E-state index contributed by atoms with van der Waals surface area (Å²) in [4.78, 5) is 30.6. The van der Waals surface area contributed by atoms with Gasteiger partial charge < -0.3 is 9.67 Å². The summed E-state index contributed by atoms with van der Waals surface area (Å²) in [7, 11) is 1.53. The van der Waals surface area contributed by atoms with Crippen LogP contribution in [0.1, 0.15) is 25.5 Å². The van der Waals surface area contributed by atoms with Gasteiger partial charge in [-0.15, -0.1) is 0 Å². The lowest BCUT2D eigenvalue weighted by Gasteiger charge is -2.11. The van der Waals surface area contributed by atoms with Gasteiger partial charge in [-0.25, -0.2) is 10.2 Å². The van der Waals surface area contributed by atoms with Gasteiger partial charge in [0.15, 0.2) is 11.2 Å². The molecule has 0 atom stereocenters. The Balaban J connectivity index is 2.06. The molecule has 2 aromatic heterocycles. The van der Waals surface area contributed by atoms with E-state index in [0.29, 0.717) is 11.5 Å². The number of phenols is 1. The summed E-state index contributed by atoms with van der Waals surface area (Å²) in [5, 5.41) is 13.9. The first-order valence-corrected chi connectivity index (χ1v) is 8.57. The van der Waals surface area contributed by atoms with Crippen LogP contribution >= 0.6 is 15.9 Å². The topological polar surface area (TPSA) is 117 Å². The number of halogens is 1. The fraction of sp³-hybridized carbons (Fsp3) is 0.250. The molecule has 0 saturated heterocycles. The monoisotopic (exact) mass is 420 g/mol. The molecular formula is C16H17BrN6O3. The van der Waals surface area contributed by atoms with E-state index in [1.165, 1.54) is 17.8 Å². The molecule has 0 aliphatic carbocycles. The van der Waals surface area contributed by atoms with Crippen molar-refractivity contribution in [3.05, 3.63) is 49.1 Å². The molecule has 136 valence electrons.